The van der Waals surface area contributed by atoms with Crippen molar-refractivity contribution in [1.29, 1.82) is 0 Å². The average molecular weight is 234 g/mol. The number of aromatic hydroxyl groups is 1. The highest BCUT2D eigenvalue weighted by Crippen LogP contribution is 2.52. The van der Waals surface area contributed by atoms with Crippen LogP contribution in [0.2, 0.25) is 0 Å². The molecule has 1 rings (SSSR count). The minimum Gasteiger partial charge on any atom is -0.504 e. The molecule has 0 bridgehead atoms. The largest absolute Gasteiger partial charge is 0.504 e. The molecule has 0 saturated heterocycles. The molecule has 0 fully saturated rings. The molecule has 0 aromatic carbocycles. The van der Waals surface area contributed by atoms with Crippen LogP contribution < -0.4 is 0 Å². The second-order valence-electron chi connectivity index (χ2n) is 2.83. The Balaban J connectivity index is 2.75. The van der Waals surface area contributed by atoms with E-state index in [2.05, 4.69) is 0 Å². The predicted octanol–water partition coefficient (Wildman–Crippen LogP) is 2.75. The van der Waals surface area contributed by atoms with Crippen molar-refractivity contribution in [2.75, 3.05) is 13.2 Å². The van der Waals surface area contributed by atoms with Crippen LogP contribution in [-0.2, 0) is 19.8 Å². The molecule has 15 heavy (non-hydrogen) atoms. The van der Waals surface area contributed by atoms with Gasteiger partial charge in [-0.25, -0.2) is 0 Å². The maximum absolute atomic E-state index is 12.0. The van der Waals surface area contributed by atoms with Crippen LogP contribution >= 0.6 is 7.60 Å². The third-order valence-corrected chi connectivity index (χ3v) is 3.69. The van der Waals surface area contributed by atoms with Gasteiger partial charge in [-0.15, -0.1) is 0 Å². The summed E-state index contributed by atoms with van der Waals surface area (Å²) in [5.74, 6) is 0.190. The van der Waals surface area contributed by atoms with Crippen molar-refractivity contribution < 1.29 is 23.1 Å². The fourth-order valence-corrected chi connectivity index (χ4v) is 2.78. The molecular weight excluding hydrogens is 219 g/mol. The summed E-state index contributed by atoms with van der Waals surface area (Å²) >= 11 is 0. The lowest BCUT2D eigenvalue weighted by molar-refractivity contribution is 0.217. The molecule has 1 aromatic heterocycles. The molecule has 0 aliphatic heterocycles. The fourth-order valence-electron chi connectivity index (χ4n) is 1.15. The second kappa shape index (κ2) is 5.35. The van der Waals surface area contributed by atoms with Crippen molar-refractivity contribution in [3.05, 3.63) is 18.1 Å². The van der Waals surface area contributed by atoms with Crippen LogP contribution in [0.25, 0.3) is 0 Å². The molecule has 5 nitrogen and oxygen atoms in total. The van der Waals surface area contributed by atoms with Crippen LogP contribution in [0, 0.1) is 0 Å². The third kappa shape index (κ3) is 3.38. The van der Waals surface area contributed by atoms with E-state index < -0.39 is 7.60 Å². The average Bonchev–Trinajstić information content (AvgIpc) is 2.52. The van der Waals surface area contributed by atoms with Gasteiger partial charge in [0.1, 0.15) is 6.16 Å². The van der Waals surface area contributed by atoms with Gasteiger partial charge in [0.05, 0.1) is 19.5 Å². The minimum absolute atomic E-state index is 0.0327. The van der Waals surface area contributed by atoms with E-state index >= 15 is 0 Å². The molecule has 0 radical (unpaired) electrons. The van der Waals surface area contributed by atoms with Gasteiger partial charge in [-0.2, -0.15) is 0 Å². The molecule has 0 atom stereocenters. The molecular formula is C9H15O5P. The van der Waals surface area contributed by atoms with Gasteiger partial charge in [-0.3, -0.25) is 4.57 Å². The zero-order valence-corrected chi connectivity index (χ0v) is 9.70. The Morgan fingerprint density at radius 1 is 1.40 bits per heavy atom. The lowest BCUT2D eigenvalue weighted by atomic mass is 10.5. The van der Waals surface area contributed by atoms with E-state index in [4.69, 9.17) is 13.5 Å². The van der Waals surface area contributed by atoms with Crippen molar-refractivity contribution in [3.8, 4) is 5.75 Å². The molecule has 0 aliphatic rings. The van der Waals surface area contributed by atoms with Crippen molar-refractivity contribution in [1.82, 2.24) is 0 Å². The number of hydrogen-bond acceptors (Lipinski definition) is 5. The van der Waals surface area contributed by atoms with Crippen LogP contribution in [-0.4, -0.2) is 18.3 Å². The van der Waals surface area contributed by atoms with Gasteiger partial charge < -0.3 is 18.6 Å². The highest BCUT2D eigenvalue weighted by Gasteiger charge is 2.27. The van der Waals surface area contributed by atoms with E-state index in [1.165, 1.54) is 12.3 Å². The number of hydrogen-bond donors (Lipinski definition) is 1. The van der Waals surface area contributed by atoms with E-state index in [1.807, 2.05) is 0 Å². The van der Waals surface area contributed by atoms with Crippen molar-refractivity contribution >= 4 is 7.60 Å². The monoisotopic (exact) mass is 234 g/mol. The molecule has 1 aromatic rings. The standard InChI is InChI=1S/C9H15O5P/c1-3-13-15(11,14-4-2)7-9-8(10)5-6-12-9/h5-6,10H,3-4,7H2,1-2H3. The SMILES string of the molecule is CCOP(=O)(Cc1occc1O)OCC. The Morgan fingerprint density at radius 2 is 2.00 bits per heavy atom. The molecule has 6 heteroatoms. The minimum atomic E-state index is -3.19. The van der Waals surface area contributed by atoms with Gasteiger partial charge in [0.15, 0.2) is 11.5 Å². The fraction of sp³-hybridized carbons (Fsp3) is 0.556. The van der Waals surface area contributed by atoms with Gasteiger partial charge in [0.25, 0.3) is 0 Å². The van der Waals surface area contributed by atoms with Gasteiger partial charge >= 0.3 is 7.60 Å². The predicted molar refractivity (Wildman–Crippen MR) is 54.9 cm³/mol. The Morgan fingerprint density at radius 3 is 2.40 bits per heavy atom. The van der Waals surface area contributed by atoms with Crippen molar-refractivity contribution in [2.45, 2.75) is 20.0 Å². The summed E-state index contributed by atoms with van der Waals surface area (Å²) in [7, 11) is -3.19. The summed E-state index contributed by atoms with van der Waals surface area (Å²) in [5, 5.41) is 9.32. The summed E-state index contributed by atoms with van der Waals surface area (Å²) in [6, 6.07) is 1.39. The van der Waals surface area contributed by atoms with E-state index in [0.29, 0.717) is 13.2 Å². The number of rotatable bonds is 6. The Labute approximate surface area is 88.5 Å². The van der Waals surface area contributed by atoms with Crippen molar-refractivity contribution in [2.24, 2.45) is 0 Å². The van der Waals surface area contributed by atoms with E-state index in [-0.39, 0.29) is 17.7 Å². The number of furan rings is 1. The molecule has 0 saturated carbocycles. The smallest absolute Gasteiger partial charge is 0.338 e. The van der Waals surface area contributed by atoms with E-state index in [9.17, 15) is 9.67 Å². The first-order valence-corrected chi connectivity index (χ1v) is 6.47. The van der Waals surface area contributed by atoms with Gasteiger partial charge in [0.2, 0.25) is 0 Å². The highest BCUT2D eigenvalue weighted by atomic mass is 31.2. The van der Waals surface area contributed by atoms with Crippen molar-refractivity contribution in [3.63, 3.8) is 0 Å². The topological polar surface area (TPSA) is 68.9 Å². The van der Waals surface area contributed by atoms with E-state index in [1.54, 1.807) is 13.8 Å². The summed E-state index contributed by atoms with van der Waals surface area (Å²) in [6.07, 6.45) is 1.28. The summed E-state index contributed by atoms with van der Waals surface area (Å²) in [4.78, 5) is 0. The van der Waals surface area contributed by atoms with Gasteiger partial charge in [-0.05, 0) is 13.8 Å². The lowest BCUT2D eigenvalue weighted by Crippen LogP contribution is -1.98. The van der Waals surface area contributed by atoms with Gasteiger partial charge in [-0.1, -0.05) is 0 Å². The van der Waals surface area contributed by atoms with E-state index in [0.717, 1.165) is 0 Å². The van der Waals surface area contributed by atoms with Crippen LogP contribution in [0.4, 0.5) is 0 Å². The van der Waals surface area contributed by atoms with Crippen LogP contribution in [0.5, 0.6) is 5.75 Å². The highest BCUT2D eigenvalue weighted by molar-refractivity contribution is 7.53. The van der Waals surface area contributed by atoms with Crippen LogP contribution in [0.3, 0.4) is 0 Å². The van der Waals surface area contributed by atoms with Crippen LogP contribution in [0.1, 0.15) is 19.6 Å². The van der Waals surface area contributed by atoms with Gasteiger partial charge in [0, 0.05) is 6.07 Å². The first-order chi connectivity index (χ1) is 7.11. The first-order valence-electron chi connectivity index (χ1n) is 4.74. The Hall–Kier alpha value is -0.770. The molecule has 86 valence electrons. The molecule has 0 spiro atoms. The second-order valence-corrected chi connectivity index (χ2v) is 4.89. The summed E-state index contributed by atoms with van der Waals surface area (Å²) in [5.41, 5.74) is 0. The maximum atomic E-state index is 12.0. The van der Waals surface area contributed by atoms with Crippen LogP contribution in [0.15, 0.2) is 16.7 Å². The normalized spacial score (nSPS) is 11.9. The zero-order valence-electron chi connectivity index (χ0n) is 8.80. The zero-order chi connectivity index (χ0) is 11.3. The summed E-state index contributed by atoms with van der Waals surface area (Å²) < 4.78 is 27.1. The molecule has 0 amide bonds. The lowest BCUT2D eigenvalue weighted by Gasteiger charge is -2.15. The summed E-state index contributed by atoms with van der Waals surface area (Å²) in [6.45, 7) is 4.04. The molecule has 1 heterocycles. The maximum Gasteiger partial charge on any atom is 0.338 e. The Bertz CT molecular complexity index is 336. The quantitative estimate of drug-likeness (QED) is 0.766. The third-order valence-electron chi connectivity index (χ3n) is 1.71. The first kappa shape index (κ1) is 12.3. The Kier molecular flexibility index (Phi) is 4.39. The molecule has 0 aliphatic carbocycles. The molecule has 1 N–H and O–H groups in total. The molecule has 0 unspecified atom stereocenters.